The monoisotopic (exact) mass is 362 g/mol. The summed E-state index contributed by atoms with van der Waals surface area (Å²) in [7, 11) is 1.74. The van der Waals surface area contributed by atoms with Crippen LogP contribution in [0.2, 0.25) is 0 Å². The van der Waals surface area contributed by atoms with Crippen molar-refractivity contribution in [1.29, 1.82) is 0 Å². The average Bonchev–Trinajstić information content (AvgIpc) is 2.71. The molecule has 2 aromatic carbocycles. The number of hydrogen-bond donors (Lipinski definition) is 0. The van der Waals surface area contributed by atoms with Crippen molar-refractivity contribution >= 4 is 0 Å². The summed E-state index contributed by atoms with van der Waals surface area (Å²) in [6.45, 7) is 6.58. The van der Waals surface area contributed by atoms with E-state index in [1.54, 1.807) is 7.11 Å². The largest absolute Gasteiger partial charge is 0.496 e. The number of methoxy groups -OCH3 is 1. The summed E-state index contributed by atoms with van der Waals surface area (Å²) in [6, 6.07) is 13.6. The molecule has 0 heterocycles. The summed E-state index contributed by atoms with van der Waals surface area (Å²) in [5.41, 5.74) is 6.66. The Hall–Kier alpha value is -2.02. The van der Waals surface area contributed by atoms with Gasteiger partial charge in [0.2, 0.25) is 0 Å². The highest BCUT2D eigenvalue weighted by Gasteiger charge is 2.21. The van der Waals surface area contributed by atoms with Crippen LogP contribution in [0.4, 0.5) is 0 Å². The number of hydrogen-bond acceptors (Lipinski definition) is 1. The van der Waals surface area contributed by atoms with E-state index in [2.05, 4.69) is 69.3 Å². The number of ether oxygens (including phenoxy) is 1. The molecule has 1 fully saturated rings. The van der Waals surface area contributed by atoms with Crippen LogP contribution in [0.5, 0.6) is 5.75 Å². The van der Waals surface area contributed by atoms with Crippen molar-refractivity contribution in [3.63, 3.8) is 0 Å². The summed E-state index contributed by atoms with van der Waals surface area (Å²) in [5, 5.41) is 0. The van der Waals surface area contributed by atoms with Crippen LogP contribution < -0.4 is 4.74 Å². The maximum atomic E-state index is 5.45. The van der Waals surface area contributed by atoms with Gasteiger partial charge in [0.15, 0.2) is 0 Å². The maximum absolute atomic E-state index is 5.45. The number of benzene rings is 2. The van der Waals surface area contributed by atoms with Crippen LogP contribution in [0.3, 0.4) is 0 Å². The molecular formula is C26H34O. The maximum Gasteiger partial charge on any atom is 0.122 e. The molecule has 27 heavy (non-hydrogen) atoms. The third-order valence-corrected chi connectivity index (χ3v) is 6.29. The van der Waals surface area contributed by atoms with Crippen LogP contribution in [0.1, 0.15) is 68.1 Å². The van der Waals surface area contributed by atoms with Gasteiger partial charge in [-0.1, -0.05) is 55.8 Å². The zero-order valence-electron chi connectivity index (χ0n) is 17.4. The van der Waals surface area contributed by atoms with Gasteiger partial charge in [0.05, 0.1) is 7.11 Å². The van der Waals surface area contributed by atoms with Gasteiger partial charge in [0, 0.05) is 0 Å². The standard InChI is InChI=1S/C26H34O/c1-5-6-7-8-21-9-11-22(12-10-21)23-13-15-24(16-14-23)25-17-18-26(27-4)20(3)19(25)2/h7-8,13-18,21-22H,5-6,9-12H2,1-4H3/b8-7+. The van der Waals surface area contributed by atoms with Crippen LogP contribution in [0.15, 0.2) is 48.6 Å². The first-order valence-electron chi connectivity index (χ1n) is 10.5. The van der Waals surface area contributed by atoms with Gasteiger partial charge in [-0.05, 0) is 91.7 Å². The van der Waals surface area contributed by atoms with Gasteiger partial charge >= 0.3 is 0 Å². The quantitative estimate of drug-likeness (QED) is 0.480. The molecule has 0 amide bonds. The number of unbranched alkanes of at least 4 members (excludes halogenated alkanes) is 1. The zero-order valence-corrected chi connectivity index (χ0v) is 17.4. The Morgan fingerprint density at radius 1 is 0.926 bits per heavy atom. The van der Waals surface area contributed by atoms with E-state index in [0.29, 0.717) is 0 Å². The lowest BCUT2D eigenvalue weighted by Crippen LogP contribution is -2.11. The van der Waals surface area contributed by atoms with E-state index in [0.717, 1.165) is 17.6 Å². The van der Waals surface area contributed by atoms with Crippen LogP contribution in [-0.2, 0) is 0 Å². The average molecular weight is 363 g/mol. The normalized spacial score (nSPS) is 20.1. The Kier molecular flexibility index (Phi) is 6.77. The van der Waals surface area contributed by atoms with Gasteiger partial charge in [0.25, 0.3) is 0 Å². The Balaban J connectivity index is 1.67. The molecule has 3 rings (SSSR count). The van der Waals surface area contributed by atoms with Crippen LogP contribution >= 0.6 is 0 Å². The van der Waals surface area contributed by atoms with Crippen LogP contribution in [-0.4, -0.2) is 7.11 Å². The fourth-order valence-corrected chi connectivity index (χ4v) is 4.36. The minimum Gasteiger partial charge on any atom is -0.496 e. The van der Waals surface area contributed by atoms with Crippen molar-refractivity contribution in [1.82, 2.24) is 0 Å². The minimum atomic E-state index is 0.730. The molecule has 0 bridgehead atoms. The fourth-order valence-electron chi connectivity index (χ4n) is 4.36. The molecule has 1 heteroatoms. The van der Waals surface area contributed by atoms with Crippen molar-refractivity contribution in [3.05, 3.63) is 65.2 Å². The van der Waals surface area contributed by atoms with Gasteiger partial charge in [0.1, 0.15) is 5.75 Å². The fraction of sp³-hybridized carbons (Fsp3) is 0.462. The molecule has 2 aromatic rings. The molecule has 0 radical (unpaired) electrons. The predicted octanol–water partition coefficient (Wildman–Crippen LogP) is 7.61. The molecule has 0 unspecified atom stereocenters. The SMILES string of the molecule is CCC/C=C/C1CCC(c2ccc(-c3ccc(OC)c(C)c3C)cc2)CC1. The first-order chi connectivity index (χ1) is 13.1. The van der Waals surface area contributed by atoms with Crippen LogP contribution in [0, 0.1) is 19.8 Å². The smallest absolute Gasteiger partial charge is 0.122 e. The predicted molar refractivity (Wildman–Crippen MR) is 117 cm³/mol. The van der Waals surface area contributed by atoms with Crippen LogP contribution in [0.25, 0.3) is 11.1 Å². The molecule has 1 aliphatic rings. The summed E-state index contributed by atoms with van der Waals surface area (Å²) >= 11 is 0. The van der Waals surface area contributed by atoms with Gasteiger partial charge in [-0.3, -0.25) is 0 Å². The van der Waals surface area contributed by atoms with Gasteiger partial charge in [-0.15, -0.1) is 0 Å². The highest BCUT2D eigenvalue weighted by molar-refractivity contribution is 5.70. The molecule has 0 N–H and O–H groups in total. The molecule has 0 saturated heterocycles. The summed E-state index contributed by atoms with van der Waals surface area (Å²) in [5.74, 6) is 2.50. The second-order valence-corrected chi connectivity index (χ2v) is 8.02. The summed E-state index contributed by atoms with van der Waals surface area (Å²) in [4.78, 5) is 0. The molecule has 0 spiro atoms. The molecule has 0 atom stereocenters. The summed E-state index contributed by atoms with van der Waals surface area (Å²) < 4.78 is 5.45. The molecule has 1 aliphatic carbocycles. The van der Waals surface area contributed by atoms with E-state index in [1.165, 1.54) is 66.3 Å². The zero-order chi connectivity index (χ0) is 19.2. The first-order valence-corrected chi connectivity index (χ1v) is 10.5. The Morgan fingerprint density at radius 2 is 1.63 bits per heavy atom. The highest BCUT2D eigenvalue weighted by atomic mass is 16.5. The molecule has 1 nitrogen and oxygen atoms in total. The lowest BCUT2D eigenvalue weighted by atomic mass is 9.78. The first kappa shape index (κ1) is 19.7. The molecule has 0 aliphatic heterocycles. The van der Waals surface area contributed by atoms with E-state index in [9.17, 15) is 0 Å². The molecule has 1 saturated carbocycles. The topological polar surface area (TPSA) is 9.23 Å². The second-order valence-electron chi connectivity index (χ2n) is 8.02. The molecule has 144 valence electrons. The minimum absolute atomic E-state index is 0.730. The summed E-state index contributed by atoms with van der Waals surface area (Å²) in [6.07, 6.45) is 12.7. The van der Waals surface area contributed by atoms with Crippen molar-refractivity contribution < 1.29 is 4.74 Å². The highest BCUT2D eigenvalue weighted by Crippen LogP contribution is 2.37. The second kappa shape index (κ2) is 9.26. The van der Waals surface area contributed by atoms with E-state index in [1.807, 2.05) is 0 Å². The van der Waals surface area contributed by atoms with Crippen molar-refractivity contribution in [2.45, 2.75) is 65.2 Å². The van der Waals surface area contributed by atoms with Gasteiger partial charge < -0.3 is 4.74 Å². The third kappa shape index (κ3) is 4.64. The van der Waals surface area contributed by atoms with Gasteiger partial charge in [-0.2, -0.15) is 0 Å². The van der Waals surface area contributed by atoms with Crippen molar-refractivity contribution in [2.24, 2.45) is 5.92 Å². The third-order valence-electron chi connectivity index (χ3n) is 6.29. The lowest BCUT2D eigenvalue weighted by molar-refractivity contribution is 0.375. The Morgan fingerprint density at radius 3 is 2.26 bits per heavy atom. The molecular weight excluding hydrogens is 328 g/mol. The Bertz CT molecular complexity index is 762. The van der Waals surface area contributed by atoms with E-state index < -0.39 is 0 Å². The molecule has 0 aromatic heterocycles. The van der Waals surface area contributed by atoms with Gasteiger partial charge in [-0.25, -0.2) is 0 Å². The number of rotatable bonds is 6. The van der Waals surface area contributed by atoms with E-state index in [-0.39, 0.29) is 0 Å². The van der Waals surface area contributed by atoms with E-state index >= 15 is 0 Å². The Labute approximate surface area is 165 Å². The lowest BCUT2D eigenvalue weighted by Gasteiger charge is -2.27. The van der Waals surface area contributed by atoms with E-state index in [4.69, 9.17) is 4.74 Å². The number of allylic oxidation sites excluding steroid dienone is 2. The van der Waals surface area contributed by atoms with Crippen molar-refractivity contribution in [2.75, 3.05) is 7.11 Å². The van der Waals surface area contributed by atoms with Crippen molar-refractivity contribution in [3.8, 4) is 16.9 Å².